The van der Waals surface area contributed by atoms with Crippen molar-refractivity contribution in [3.63, 3.8) is 0 Å². The van der Waals surface area contributed by atoms with Crippen molar-refractivity contribution >= 4 is 24.5 Å². The molecule has 0 spiro atoms. The Balaban J connectivity index is 0. The minimum absolute atomic E-state index is 0.720. The fraction of sp³-hybridized carbons (Fsp3) is 1.00. The number of rotatable bonds is 19. The number of hydrogen-bond acceptors (Lipinski definition) is 3. The topological polar surface area (TPSA) is 30.5 Å². The summed E-state index contributed by atoms with van der Waals surface area (Å²) in [6.07, 6.45) is 15.8. The van der Waals surface area contributed by atoms with Gasteiger partial charge in [0.25, 0.3) is 8.53 Å². The van der Waals surface area contributed by atoms with Gasteiger partial charge in [-0.3, -0.25) is 5.09 Å². The first-order valence-corrected chi connectivity index (χ1v) is 13.0. The van der Waals surface area contributed by atoms with E-state index in [1.807, 2.05) is 20.8 Å². The highest BCUT2D eigenvalue weighted by Crippen LogP contribution is 2.33. The molecule has 0 aliphatic rings. The minimum Gasteiger partial charge on any atom is -0.322 e. The Morgan fingerprint density at radius 2 is 1.28 bits per heavy atom. The van der Waals surface area contributed by atoms with Gasteiger partial charge < -0.3 is 9.05 Å². The second kappa shape index (κ2) is 27.0. The average molecular weight is 442 g/mol. The van der Waals surface area contributed by atoms with Gasteiger partial charge in [-0.2, -0.15) is 0 Å². The Labute approximate surface area is 168 Å². The molecule has 1 N–H and O–H groups in total. The third kappa shape index (κ3) is 24.8. The Bertz CT molecular complexity index is 224. The van der Waals surface area contributed by atoms with E-state index in [0.717, 1.165) is 31.5 Å². The lowest BCUT2D eigenvalue weighted by Crippen LogP contribution is -2.13. The largest absolute Gasteiger partial charge is 0.322 e. The molecule has 154 valence electrons. The summed E-state index contributed by atoms with van der Waals surface area (Å²) in [5, 5.41) is 4.51. The smallest absolute Gasteiger partial charge is 0.255 e. The summed E-state index contributed by atoms with van der Waals surface area (Å²) in [6, 6.07) is 0. The molecule has 0 aliphatic heterocycles. The summed E-state index contributed by atoms with van der Waals surface area (Å²) < 4.78 is 11.5. The highest BCUT2D eigenvalue weighted by molar-refractivity contribution is 9.09. The number of alkyl halides is 1. The van der Waals surface area contributed by atoms with Crippen molar-refractivity contribution in [3.05, 3.63) is 0 Å². The third-order valence-electron chi connectivity index (χ3n) is 3.75. The lowest BCUT2D eigenvalue weighted by molar-refractivity contribution is 0.245. The van der Waals surface area contributed by atoms with Crippen LogP contribution < -0.4 is 5.09 Å². The van der Waals surface area contributed by atoms with Crippen molar-refractivity contribution in [1.29, 1.82) is 0 Å². The Kier molecular flexibility index (Phi) is 30.3. The van der Waals surface area contributed by atoms with E-state index in [4.69, 9.17) is 9.05 Å². The van der Waals surface area contributed by atoms with Gasteiger partial charge in [0, 0.05) is 11.9 Å². The van der Waals surface area contributed by atoms with Crippen LogP contribution in [-0.4, -0.2) is 25.1 Å². The van der Waals surface area contributed by atoms with Gasteiger partial charge >= 0.3 is 0 Å². The fourth-order valence-electron chi connectivity index (χ4n) is 2.37. The molecular formula is C20H45BrNO2P. The molecule has 0 amide bonds. The predicted molar refractivity (Wildman–Crippen MR) is 119 cm³/mol. The highest BCUT2D eigenvalue weighted by Gasteiger charge is 2.08. The van der Waals surface area contributed by atoms with Crippen LogP contribution in [0.25, 0.3) is 0 Å². The van der Waals surface area contributed by atoms with Gasteiger partial charge in [-0.05, 0) is 26.2 Å². The summed E-state index contributed by atoms with van der Waals surface area (Å²) in [4.78, 5) is 0. The summed E-state index contributed by atoms with van der Waals surface area (Å²) in [7, 11) is -0.878. The summed E-state index contributed by atoms with van der Waals surface area (Å²) in [5.41, 5.74) is 0. The SMILES string of the molecule is CC.CCCCCCCCCCCOP(NCCCCCBr)OCC. The van der Waals surface area contributed by atoms with Crippen molar-refractivity contribution in [2.75, 3.05) is 25.1 Å². The van der Waals surface area contributed by atoms with Gasteiger partial charge in [0.2, 0.25) is 0 Å². The van der Waals surface area contributed by atoms with Crippen LogP contribution in [0, 0.1) is 0 Å². The Hall–Kier alpha value is 0.790. The van der Waals surface area contributed by atoms with Gasteiger partial charge in [-0.1, -0.05) is 94.5 Å². The highest BCUT2D eigenvalue weighted by atomic mass is 79.9. The third-order valence-corrected chi connectivity index (χ3v) is 5.71. The van der Waals surface area contributed by atoms with Crippen LogP contribution in [0.4, 0.5) is 0 Å². The van der Waals surface area contributed by atoms with Crippen molar-refractivity contribution in [3.8, 4) is 0 Å². The van der Waals surface area contributed by atoms with Crippen LogP contribution in [0.5, 0.6) is 0 Å². The standard InChI is InChI=1S/C18H39BrNO2P.C2H6/c1-3-5-6-7-8-9-10-11-15-18-22-23(21-4-2)20-17-14-12-13-16-19;1-2/h20H,3-18H2,1-2H3;1-2H3. The molecule has 0 aromatic heterocycles. The summed E-state index contributed by atoms with van der Waals surface area (Å²) >= 11 is 3.46. The minimum atomic E-state index is -0.878. The lowest BCUT2D eigenvalue weighted by atomic mass is 10.1. The van der Waals surface area contributed by atoms with E-state index in [1.165, 1.54) is 70.6 Å². The van der Waals surface area contributed by atoms with Crippen molar-refractivity contribution in [2.24, 2.45) is 0 Å². The maximum Gasteiger partial charge on any atom is 0.255 e. The van der Waals surface area contributed by atoms with Crippen molar-refractivity contribution in [2.45, 2.75) is 105 Å². The molecule has 0 aliphatic carbocycles. The first-order chi connectivity index (χ1) is 12.3. The first-order valence-electron chi connectivity index (χ1n) is 10.7. The molecule has 3 nitrogen and oxygen atoms in total. The molecule has 0 heterocycles. The average Bonchev–Trinajstić information content (AvgIpc) is 2.64. The van der Waals surface area contributed by atoms with Gasteiger partial charge in [0.15, 0.2) is 0 Å². The second-order valence-corrected chi connectivity index (χ2v) is 8.13. The van der Waals surface area contributed by atoms with E-state index in [0.29, 0.717) is 0 Å². The van der Waals surface area contributed by atoms with Crippen molar-refractivity contribution < 1.29 is 9.05 Å². The lowest BCUT2D eigenvalue weighted by Gasteiger charge is -2.17. The quantitative estimate of drug-likeness (QED) is 0.125. The first kappa shape index (κ1) is 28.0. The van der Waals surface area contributed by atoms with Gasteiger partial charge in [-0.25, -0.2) is 0 Å². The maximum atomic E-state index is 5.87. The fourth-order valence-corrected chi connectivity index (χ4v) is 3.90. The molecule has 5 heteroatoms. The van der Waals surface area contributed by atoms with Crippen LogP contribution in [0.3, 0.4) is 0 Å². The van der Waals surface area contributed by atoms with E-state index < -0.39 is 8.53 Å². The molecule has 0 saturated carbocycles. The van der Waals surface area contributed by atoms with Crippen LogP contribution in [0.2, 0.25) is 0 Å². The zero-order chi connectivity index (χ0) is 19.0. The Morgan fingerprint density at radius 1 is 0.720 bits per heavy atom. The monoisotopic (exact) mass is 441 g/mol. The summed E-state index contributed by atoms with van der Waals surface area (Å²) in [5.74, 6) is 0. The van der Waals surface area contributed by atoms with Gasteiger partial charge in [-0.15, -0.1) is 0 Å². The molecule has 1 atom stereocenters. The predicted octanol–water partition coefficient (Wildman–Crippen LogP) is 7.98. The molecular weight excluding hydrogens is 397 g/mol. The number of nitrogens with one attached hydrogen (secondary N) is 1. The van der Waals surface area contributed by atoms with Crippen molar-refractivity contribution in [1.82, 2.24) is 5.09 Å². The maximum absolute atomic E-state index is 5.87. The zero-order valence-electron chi connectivity index (χ0n) is 17.5. The van der Waals surface area contributed by atoms with E-state index in [2.05, 4.69) is 27.9 Å². The van der Waals surface area contributed by atoms with E-state index in [1.54, 1.807) is 0 Å². The molecule has 1 unspecified atom stereocenters. The van der Waals surface area contributed by atoms with Gasteiger partial charge in [0.05, 0.1) is 13.2 Å². The van der Waals surface area contributed by atoms with E-state index in [-0.39, 0.29) is 0 Å². The molecule has 0 bridgehead atoms. The Morgan fingerprint density at radius 3 is 1.84 bits per heavy atom. The second-order valence-electron chi connectivity index (χ2n) is 5.99. The molecule has 0 fully saturated rings. The zero-order valence-corrected chi connectivity index (χ0v) is 19.9. The molecule has 0 aromatic carbocycles. The normalized spacial score (nSPS) is 11.9. The molecule has 0 radical (unpaired) electrons. The van der Waals surface area contributed by atoms with Gasteiger partial charge in [0.1, 0.15) is 0 Å². The van der Waals surface area contributed by atoms with Crippen LogP contribution in [0.1, 0.15) is 105 Å². The van der Waals surface area contributed by atoms with Crippen LogP contribution >= 0.6 is 24.5 Å². The molecule has 0 rings (SSSR count). The number of hydrogen-bond donors (Lipinski definition) is 1. The van der Waals surface area contributed by atoms with Crippen LogP contribution in [0.15, 0.2) is 0 Å². The van der Waals surface area contributed by atoms with Crippen LogP contribution in [-0.2, 0) is 9.05 Å². The van der Waals surface area contributed by atoms with E-state index >= 15 is 0 Å². The molecule has 0 saturated heterocycles. The molecule has 0 aromatic rings. The number of unbranched alkanes of at least 4 members (excludes halogenated alkanes) is 10. The van der Waals surface area contributed by atoms with E-state index in [9.17, 15) is 0 Å². The summed E-state index contributed by atoms with van der Waals surface area (Å²) in [6.45, 7) is 10.9. The molecule has 25 heavy (non-hydrogen) atoms. The number of halogens is 1.